The fraction of sp³-hybridized carbons (Fsp3) is 0.129. The van der Waals surface area contributed by atoms with Crippen molar-refractivity contribution in [1.82, 2.24) is 24.4 Å². The van der Waals surface area contributed by atoms with Gasteiger partial charge in [-0.05, 0) is 61.4 Å². The van der Waals surface area contributed by atoms with Gasteiger partial charge in [0.25, 0.3) is 11.1 Å². The van der Waals surface area contributed by atoms with Gasteiger partial charge >= 0.3 is 0 Å². The molecule has 6 rings (SSSR count). The van der Waals surface area contributed by atoms with Gasteiger partial charge < -0.3 is 4.74 Å². The molecule has 0 bridgehead atoms. The van der Waals surface area contributed by atoms with Crippen LogP contribution in [-0.2, 0) is 6.42 Å². The first kappa shape index (κ1) is 25.4. The third-order valence-corrected chi connectivity index (χ3v) is 7.62. The quantitative estimate of drug-likeness (QED) is 0.312. The van der Waals surface area contributed by atoms with Crippen LogP contribution in [0.25, 0.3) is 28.0 Å². The van der Waals surface area contributed by atoms with Gasteiger partial charge in [0.1, 0.15) is 17.1 Å². The second-order valence-corrected chi connectivity index (χ2v) is 10.5. The Labute approximate surface area is 233 Å². The zero-order chi connectivity index (χ0) is 27.8. The molecular formula is C31H25N5O3S. The molecule has 3 aromatic carbocycles. The van der Waals surface area contributed by atoms with E-state index in [1.807, 2.05) is 92.8 Å². The number of thiazole rings is 1. The molecular weight excluding hydrogens is 522 g/mol. The van der Waals surface area contributed by atoms with E-state index >= 15 is 0 Å². The molecule has 0 N–H and O–H groups in total. The summed E-state index contributed by atoms with van der Waals surface area (Å²) in [4.78, 5) is 30.6. The summed E-state index contributed by atoms with van der Waals surface area (Å²) in [5.41, 5.74) is 5.73. The summed E-state index contributed by atoms with van der Waals surface area (Å²) >= 11 is 1.13. The first-order valence-electron chi connectivity index (χ1n) is 12.7. The minimum atomic E-state index is -0.431. The molecule has 6 aromatic rings. The smallest absolute Gasteiger partial charge is 0.296 e. The minimum absolute atomic E-state index is 0.231. The average molecular weight is 548 g/mol. The Morgan fingerprint density at radius 2 is 1.73 bits per heavy atom. The van der Waals surface area contributed by atoms with Gasteiger partial charge in [0.2, 0.25) is 4.96 Å². The van der Waals surface area contributed by atoms with E-state index < -0.39 is 5.56 Å². The maximum absolute atomic E-state index is 13.4. The topological polar surface area (TPSA) is 91.4 Å². The summed E-state index contributed by atoms with van der Waals surface area (Å²) in [5.74, 6) is 0.784. The van der Waals surface area contributed by atoms with Crippen molar-refractivity contribution < 1.29 is 4.74 Å². The molecule has 40 heavy (non-hydrogen) atoms. The number of hydrogen-bond donors (Lipinski definition) is 0. The van der Waals surface area contributed by atoms with Crippen LogP contribution >= 0.6 is 11.3 Å². The van der Waals surface area contributed by atoms with E-state index in [0.29, 0.717) is 16.6 Å². The molecule has 198 valence electrons. The van der Waals surface area contributed by atoms with Crippen molar-refractivity contribution in [2.45, 2.75) is 20.3 Å². The van der Waals surface area contributed by atoms with Crippen molar-refractivity contribution in [2.24, 2.45) is 0 Å². The molecule has 0 spiro atoms. The Hall–Kier alpha value is -4.89. The summed E-state index contributed by atoms with van der Waals surface area (Å²) < 4.78 is 8.85. The number of aryl methyl sites for hydroxylation is 2. The van der Waals surface area contributed by atoms with Crippen molar-refractivity contribution in [1.29, 1.82) is 0 Å². The first-order chi connectivity index (χ1) is 19.4. The second-order valence-electron chi connectivity index (χ2n) is 9.53. The van der Waals surface area contributed by atoms with E-state index in [4.69, 9.17) is 9.84 Å². The van der Waals surface area contributed by atoms with Crippen molar-refractivity contribution >= 4 is 22.4 Å². The van der Waals surface area contributed by atoms with Gasteiger partial charge in [0, 0.05) is 23.7 Å². The molecule has 0 aliphatic rings. The Kier molecular flexibility index (Phi) is 6.57. The standard InChI is InChI=1S/C31H25N5O3S/c1-19-9-11-21(12-10-19)16-25-29(37)32-31-36(33-25)30(38)27(40-31)17-23-18-35(24-7-5-4-6-8-24)34-28(23)22-13-14-26(39-3)20(2)15-22/h4-15,17-18H,16H2,1-3H3/b27-17-. The lowest BCUT2D eigenvalue weighted by Gasteiger charge is -2.06. The molecule has 3 heterocycles. The van der Waals surface area contributed by atoms with Crippen LogP contribution in [0, 0.1) is 13.8 Å². The van der Waals surface area contributed by atoms with Crippen molar-refractivity contribution in [3.8, 4) is 22.7 Å². The van der Waals surface area contributed by atoms with Gasteiger partial charge in [-0.3, -0.25) is 9.59 Å². The number of benzene rings is 3. The van der Waals surface area contributed by atoms with Crippen LogP contribution in [0.5, 0.6) is 5.75 Å². The van der Waals surface area contributed by atoms with Crippen LogP contribution in [-0.4, -0.2) is 31.5 Å². The van der Waals surface area contributed by atoms with Gasteiger partial charge in [-0.15, -0.1) is 0 Å². The monoisotopic (exact) mass is 547 g/mol. The molecule has 0 unspecified atom stereocenters. The summed E-state index contributed by atoms with van der Waals surface area (Å²) in [6, 6.07) is 23.5. The highest BCUT2D eigenvalue weighted by Gasteiger charge is 2.15. The third-order valence-electron chi connectivity index (χ3n) is 6.66. The zero-order valence-corrected chi connectivity index (χ0v) is 23.0. The molecule has 0 saturated heterocycles. The number of methoxy groups -OCH3 is 1. The largest absolute Gasteiger partial charge is 0.496 e. The van der Waals surface area contributed by atoms with Crippen LogP contribution in [0.4, 0.5) is 0 Å². The van der Waals surface area contributed by atoms with E-state index in [1.165, 1.54) is 4.52 Å². The van der Waals surface area contributed by atoms with Gasteiger partial charge in [0.15, 0.2) is 0 Å². The molecule has 0 amide bonds. The maximum Gasteiger partial charge on any atom is 0.296 e. The van der Waals surface area contributed by atoms with E-state index in [0.717, 1.165) is 50.6 Å². The number of rotatable bonds is 6. The number of fused-ring (bicyclic) bond motifs is 1. The summed E-state index contributed by atoms with van der Waals surface area (Å²) in [6.07, 6.45) is 3.98. The van der Waals surface area contributed by atoms with Gasteiger partial charge in [-0.2, -0.15) is 19.7 Å². The van der Waals surface area contributed by atoms with E-state index in [1.54, 1.807) is 17.9 Å². The lowest BCUT2D eigenvalue weighted by Crippen LogP contribution is -2.28. The molecule has 0 radical (unpaired) electrons. The third kappa shape index (κ3) is 4.83. The molecule has 9 heteroatoms. The number of para-hydroxylation sites is 1. The fourth-order valence-corrected chi connectivity index (χ4v) is 5.44. The van der Waals surface area contributed by atoms with Gasteiger partial charge in [-0.1, -0.05) is 59.4 Å². The van der Waals surface area contributed by atoms with Crippen LogP contribution < -0.4 is 20.4 Å². The Morgan fingerprint density at radius 1 is 0.950 bits per heavy atom. The molecule has 0 fully saturated rings. The van der Waals surface area contributed by atoms with E-state index in [-0.39, 0.29) is 16.2 Å². The zero-order valence-electron chi connectivity index (χ0n) is 22.2. The SMILES string of the molecule is COc1ccc(-c2nn(-c3ccccc3)cc2/C=c2\sc3nc(=O)c(Cc4ccc(C)cc4)nn3c2=O)cc1C. The van der Waals surface area contributed by atoms with Crippen LogP contribution in [0.2, 0.25) is 0 Å². The maximum atomic E-state index is 13.4. The Bertz CT molecular complexity index is 2030. The molecule has 3 aromatic heterocycles. The van der Waals surface area contributed by atoms with Crippen molar-refractivity contribution in [3.05, 3.63) is 132 Å². The normalized spacial score (nSPS) is 11.8. The average Bonchev–Trinajstić information content (AvgIpc) is 3.51. The fourth-order valence-electron chi connectivity index (χ4n) is 4.55. The second kappa shape index (κ2) is 10.3. The van der Waals surface area contributed by atoms with Gasteiger partial charge in [-0.25, -0.2) is 4.68 Å². The molecule has 0 atom stereocenters. The Morgan fingerprint density at radius 3 is 2.45 bits per heavy atom. The van der Waals surface area contributed by atoms with Crippen molar-refractivity contribution in [3.63, 3.8) is 0 Å². The molecule has 0 aliphatic carbocycles. The number of aromatic nitrogens is 5. The van der Waals surface area contributed by atoms with Crippen molar-refractivity contribution in [2.75, 3.05) is 7.11 Å². The highest BCUT2D eigenvalue weighted by atomic mass is 32.1. The van der Waals surface area contributed by atoms with Gasteiger partial charge in [0.05, 0.1) is 17.3 Å². The lowest BCUT2D eigenvalue weighted by molar-refractivity contribution is 0.412. The van der Waals surface area contributed by atoms with Crippen LogP contribution in [0.1, 0.15) is 27.9 Å². The predicted molar refractivity (Wildman–Crippen MR) is 156 cm³/mol. The molecule has 8 nitrogen and oxygen atoms in total. The van der Waals surface area contributed by atoms with E-state index in [9.17, 15) is 9.59 Å². The predicted octanol–water partition coefficient (Wildman–Crippen LogP) is 4.13. The highest BCUT2D eigenvalue weighted by Crippen LogP contribution is 2.29. The molecule has 0 saturated carbocycles. The molecule has 0 aliphatic heterocycles. The number of nitrogens with zero attached hydrogens (tertiary/aromatic N) is 5. The summed E-state index contributed by atoms with van der Waals surface area (Å²) in [6.45, 7) is 3.98. The summed E-state index contributed by atoms with van der Waals surface area (Å²) in [5, 5.41) is 9.27. The first-order valence-corrected chi connectivity index (χ1v) is 13.5. The minimum Gasteiger partial charge on any atom is -0.496 e. The lowest BCUT2D eigenvalue weighted by atomic mass is 10.0. The van der Waals surface area contributed by atoms with Crippen LogP contribution in [0.15, 0.2) is 88.6 Å². The summed E-state index contributed by atoms with van der Waals surface area (Å²) in [7, 11) is 1.64. The number of ether oxygens (including phenoxy) is 1. The van der Waals surface area contributed by atoms with Crippen LogP contribution in [0.3, 0.4) is 0 Å². The van der Waals surface area contributed by atoms with E-state index in [2.05, 4.69) is 10.1 Å². The highest BCUT2D eigenvalue weighted by molar-refractivity contribution is 7.15. The Balaban J connectivity index is 1.48. The number of hydrogen-bond acceptors (Lipinski definition) is 7.